The highest BCUT2D eigenvalue weighted by Crippen LogP contribution is 2.25. The maximum atomic E-state index is 12.5. The fourth-order valence-electron chi connectivity index (χ4n) is 3.00. The molecule has 1 aromatic heterocycles. The molecule has 1 amide bonds. The van der Waals surface area contributed by atoms with E-state index in [1.807, 2.05) is 4.68 Å². The number of hydrogen-bond donors (Lipinski definition) is 1. The molecule has 2 heterocycles. The highest BCUT2D eigenvalue weighted by Gasteiger charge is 2.22. The first-order chi connectivity index (χ1) is 11.8. The van der Waals surface area contributed by atoms with Gasteiger partial charge in [-0.3, -0.25) is 4.79 Å². The average Bonchev–Trinajstić information content (AvgIpc) is 3.03. The quantitative estimate of drug-likeness (QED) is 0.897. The summed E-state index contributed by atoms with van der Waals surface area (Å²) < 4.78 is 25.2. The summed E-state index contributed by atoms with van der Waals surface area (Å²) in [7, 11) is -1.26. The number of carbonyl (C=O) groups is 1. The third-order valence-electron chi connectivity index (χ3n) is 4.47. The van der Waals surface area contributed by atoms with Crippen LogP contribution in [-0.4, -0.2) is 55.4 Å². The Kier molecular flexibility index (Phi) is 4.91. The Morgan fingerprint density at radius 1 is 1.24 bits per heavy atom. The van der Waals surface area contributed by atoms with Crippen molar-refractivity contribution in [3.63, 3.8) is 0 Å². The van der Waals surface area contributed by atoms with Gasteiger partial charge in [-0.25, -0.2) is 13.1 Å². The zero-order valence-corrected chi connectivity index (χ0v) is 15.2. The second-order valence-corrected chi connectivity index (χ2v) is 8.47. The van der Waals surface area contributed by atoms with Gasteiger partial charge in [0, 0.05) is 17.9 Å². The van der Waals surface area contributed by atoms with Gasteiger partial charge in [-0.05, 0) is 51.2 Å². The van der Waals surface area contributed by atoms with Crippen LogP contribution >= 0.6 is 0 Å². The van der Waals surface area contributed by atoms with E-state index in [4.69, 9.17) is 0 Å². The van der Waals surface area contributed by atoms with Crippen molar-refractivity contribution in [2.75, 3.05) is 31.7 Å². The van der Waals surface area contributed by atoms with E-state index in [-0.39, 0.29) is 16.8 Å². The maximum Gasteiger partial charge on any atom is 0.256 e. The molecule has 0 saturated carbocycles. The molecule has 8 heteroatoms. The second kappa shape index (κ2) is 6.97. The van der Waals surface area contributed by atoms with Crippen molar-refractivity contribution >= 4 is 21.6 Å². The lowest BCUT2D eigenvalue weighted by Gasteiger charge is -2.30. The molecule has 1 saturated heterocycles. The Bertz CT molecular complexity index is 868. The first-order valence-electron chi connectivity index (χ1n) is 8.18. The fourth-order valence-corrected chi connectivity index (χ4v) is 3.67. The molecule has 134 valence electrons. The van der Waals surface area contributed by atoms with Crippen LogP contribution in [0.15, 0.2) is 41.4 Å². The second-order valence-electron chi connectivity index (χ2n) is 6.45. The zero-order valence-electron chi connectivity index (χ0n) is 14.3. The first kappa shape index (κ1) is 17.6. The molecule has 1 aromatic carbocycles. The lowest BCUT2D eigenvalue weighted by atomic mass is 10.1. The molecule has 0 atom stereocenters. The number of piperidine rings is 1. The highest BCUT2D eigenvalue weighted by atomic mass is 32.2. The summed E-state index contributed by atoms with van der Waals surface area (Å²) in [6.45, 7) is 1.99. The summed E-state index contributed by atoms with van der Waals surface area (Å²) in [6.07, 6.45) is 4.75. The standard InChI is InChI=1S/C17H22N4O3S/c1-20-10-7-14(8-11-20)21-16(6-9-18-21)19-17(22)13-4-3-5-15(12-13)25(2,23)24/h3-6,9,12,14H,7-8,10-11H2,1-2H3,(H,19,22). The summed E-state index contributed by atoms with van der Waals surface area (Å²) in [6, 6.07) is 8.05. The van der Waals surface area contributed by atoms with Crippen LogP contribution in [0.5, 0.6) is 0 Å². The third kappa shape index (κ3) is 4.08. The number of hydrogen-bond acceptors (Lipinski definition) is 5. The largest absolute Gasteiger partial charge is 0.307 e. The minimum Gasteiger partial charge on any atom is -0.307 e. The minimum atomic E-state index is -3.35. The van der Waals surface area contributed by atoms with E-state index < -0.39 is 9.84 Å². The average molecular weight is 362 g/mol. The molecule has 0 aliphatic carbocycles. The SMILES string of the molecule is CN1CCC(n2nccc2NC(=O)c2cccc(S(C)(=O)=O)c2)CC1. The number of amides is 1. The van der Waals surface area contributed by atoms with Gasteiger partial charge < -0.3 is 10.2 Å². The van der Waals surface area contributed by atoms with Crippen molar-refractivity contribution in [3.8, 4) is 0 Å². The van der Waals surface area contributed by atoms with E-state index in [1.54, 1.807) is 24.4 Å². The molecule has 1 aliphatic heterocycles. The zero-order chi connectivity index (χ0) is 18.0. The van der Waals surface area contributed by atoms with E-state index in [9.17, 15) is 13.2 Å². The molecule has 0 spiro atoms. The normalized spacial score (nSPS) is 16.7. The van der Waals surface area contributed by atoms with Gasteiger partial charge in [-0.2, -0.15) is 5.10 Å². The van der Waals surface area contributed by atoms with E-state index >= 15 is 0 Å². The van der Waals surface area contributed by atoms with Gasteiger partial charge in [-0.1, -0.05) is 6.07 Å². The number of benzene rings is 1. The molecule has 1 aliphatic rings. The molecule has 2 aromatic rings. The van der Waals surface area contributed by atoms with Gasteiger partial charge in [0.2, 0.25) is 0 Å². The van der Waals surface area contributed by atoms with Gasteiger partial charge in [-0.15, -0.1) is 0 Å². The Labute approximate surface area is 147 Å². The van der Waals surface area contributed by atoms with Crippen LogP contribution in [0.1, 0.15) is 29.2 Å². The van der Waals surface area contributed by atoms with Crippen molar-refractivity contribution in [3.05, 3.63) is 42.1 Å². The first-order valence-corrected chi connectivity index (χ1v) is 10.1. The molecule has 0 bridgehead atoms. The summed E-state index contributed by atoms with van der Waals surface area (Å²) >= 11 is 0. The van der Waals surface area contributed by atoms with Crippen LogP contribution in [0.3, 0.4) is 0 Å². The van der Waals surface area contributed by atoms with E-state index in [0.717, 1.165) is 32.2 Å². The summed E-state index contributed by atoms with van der Waals surface area (Å²) in [5.41, 5.74) is 0.305. The Balaban J connectivity index is 1.77. The number of sulfone groups is 1. The van der Waals surface area contributed by atoms with Crippen LogP contribution in [0.2, 0.25) is 0 Å². The van der Waals surface area contributed by atoms with Crippen LogP contribution in [0.4, 0.5) is 5.82 Å². The number of anilines is 1. The molecular formula is C17H22N4O3S. The number of nitrogens with one attached hydrogen (secondary N) is 1. The van der Waals surface area contributed by atoms with Crippen LogP contribution in [0, 0.1) is 0 Å². The van der Waals surface area contributed by atoms with Crippen molar-refractivity contribution in [1.82, 2.24) is 14.7 Å². The molecule has 0 radical (unpaired) electrons. The predicted molar refractivity (Wildman–Crippen MR) is 95.5 cm³/mol. The Morgan fingerprint density at radius 2 is 1.96 bits per heavy atom. The smallest absolute Gasteiger partial charge is 0.256 e. The molecule has 25 heavy (non-hydrogen) atoms. The van der Waals surface area contributed by atoms with Gasteiger partial charge >= 0.3 is 0 Å². The van der Waals surface area contributed by atoms with Crippen molar-refractivity contribution in [2.45, 2.75) is 23.8 Å². The molecule has 7 nitrogen and oxygen atoms in total. The third-order valence-corrected chi connectivity index (χ3v) is 5.58. The highest BCUT2D eigenvalue weighted by molar-refractivity contribution is 7.90. The van der Waals surface area contributed by atoms with E-state index in [1.165, 1.54) is 12.1 Å². The number of likely N-dealkylation sites (tertiary alicyclic amines) is 1. The summed E-state index contributed by atoms with van der Waals surface area (Å²) in [4.78, 5) is 14.9. The van der Waals surface area contributed by atoms with Crippen molar-refractivity contribution in [2.24, 2.45) is 0 Å². The lowest BCUT2D eigenvalue weighted by molar-refractivity contribution is 0.102. The van der Waals surface area contributed by atoms with E-state index in [0.29, 0.717) is 11.4 Å². The van der Waals surface area contributed by atoms with Gasteiger partial charge in [0.25, 0.3) is 5.91 Å². The fraction of sp³-hybridized carbons (Fsp3) is 0.412. The molecule has 1 fully saturated rings. The van der Waals surface area contributed by atoms with Crippen LogP contribution in [0.25, 0.3) is 0 Å². The lowest BCUT2D eigenvalue weighted by Crippen LogP contribution is -2.32. The number of rotatable bonds is 4. The predicted octanol–water partition coefficient (Wildman–Crippen LogP) is 1.81. The maximum absolute atomic E-state index is 12.5. The number of aromatic nitrogens is 2. The minimum absolute atomic E-state index is 0.129. The molecule has 0 unspecified atom stereocenters. The molecular weight excluding hydrogens is 340 g/mol. The topological polar surface area (TPSA) is 84.3 Å². The Hall–Kier alpha value is -2.19. The Morgan fingerprint density at radius 3 is 2.64 bits per heavy atom. The molecule has 1 N–H and O–H groups in total. The van der Waals surface area contributed by atoms with Crippen molar-refractivity contribution < 1.29 is 13.2 Å². The van der Waals surface area contributed by atoms with Gasteiger partial charge in [0.05, 0.1) is 17.1 Å². The van der Waals surface area contributed by atoms with Gasteiger partial charge in [0.1, 0.15) is 5.82 Å². The van der Waals surface area contributed by atoms with Crippen LogP contribution < -0.4 is 5.32 Å². The molecule has 3 rings (SSSR count). The summed E-state index contributed by atoms with van der Waals surface area (Å²) in [5, 5.41) is 7.20. The van der Waals surface area contributed by atoms with Crippen LogP contribution in [-0.2, 0) is 9.84 Å². The summed E-state index contributed by atoms with van der Waals surface area (Å²) in [5.74, 6) is 0.282. The van der Waals surface area contributed by atoms with Gasteiger partial charge in [0.15, 0.2) is 9.84 Å². The van der Waals surface area contributed by atoms with Crippen molar-refractivity contribution in [1.29, 1.82) is 0 Å². The van der Waals surface area contributed by atoms with E-state index in [2.05, 4.69) is 22.4 Å². The monoisotopic (exact) mass is 362 g/mol. The number of carbonyl (C=O) groups excluding carboxylic acids is 1. The number of nitrogens with zero attached hydrogens (tertiary/aromatic N) is 3.